The predicted molar refractivity (Wildman–Crippen MR) is 92.9 cm³/mol. The van der Waals surface area contributed by atoms with Gasteiger partial charge in [-0.05, 0) is 67.8 Å². The van der Waals surface area contributed by atoms with Gasteiger partial charge in [0.05, 0.1) is 0 Å². The van der Waals surface area contributed by atoms with Crippen molar-refractivity contribution in [2.45, 2.75) is 70.8 Å². The second kappa shape index (κ2) is 7.78. The third-order valence-corrected chi connectivity index (χ3v) is 6.71. The Bertz CT molecular complexity index is 400. The van der Waals surface area contributed by atoms with Crippen LogP contribution in [-0.4, -0.2) is 12.6 Å². The van der Waals surface area contributed by atoms with Crippen LogP contribution in [0.2, 0.25) is 0 Å². The van der Waals surface area contributed by atoms with E-state index in [1.165, 1.54) is 64.3 Å². The van der Waals surface area contributed by atoms with Gasteiger partial charge in [-0.15, -0.1) is 11.3 Å². The summed E-state index contributed by atoms with van der Waals surface area (Å²) in [5.41, 5.74) is 0. The van der Waals surface area contributed by atoms with Crippen molar-refractivity contribution in [1.29, 1.82) is 0 Å². The topological polar surface area (TPSA) is 12.0 Å². The Balaban J connectivity index is 1.61. The molecule has 1 aromatic rings. The molecule has 0 spiro atoms. The van der Waals surface area contributed by atoms with Crippen molar-refractivity contribution in [3.05, 3.63) is 22.4 Å². The SMILES string of the molecule is CCCNC(Cc1cccs1)C1CCC2CCCCC2C1. The average Bonchev–Trinajstić information content (AvgIpc) is 3.04. The quantitative estimate of drug-likeness (QED) is 0.755. The molecule has 0 aliphatic heterocycles. The van der Waals surface area contributed by atoms with Gasteiger partial charge in [-0.3, -0.25) is 0 Å². The lowest BCUT2D eigenvalue weighted by Crippen LogP contribution is -2.42. The van der Waals surface area contributed by atoms with Crippen LogP contribution in [0.3, 0.4) is 0 Å². The van der Waals surface area contributed by atoms with Gasteiger partial charge in [0.2, 0.25) is 0 Å². The van der Waals surface area contributed by atoms with Crippen LogP contribution in [0.15, 0.2) is 17.5 Å². The largest absolute Gasteiger partial charge is 0.313 e. The molecule has 118 valence electrons. The first kappa shape index (κ1) is 15.6. The molecule has 2 heteroatoms. The summed E-state index contributed by atoms with van der Waals surface area (Å²) in [6, 6.07) is 5.23. The maximum Gasteiger partial charge on any atom is 0.0144 e. The first-order valence-corrected chi connectivity index (χ1v) is 10.0. The molecule has 3 rings (SSSR count). The summed E-state index contributed by atoms with van der Waals surface area (Å²) in [5, 5.41) is 6.11. The Hall–Kier alpha value is -0.340. The van der Waals surface area contributed by atoms with Crippen molar-refractivity contribution in [3.8, 4) is 0 Å². The van der Waals surface area contributed by atoms with Crippen LogP contribution in [0, 0.1) is 17.8 Å². The lowest BCUT2D eigenvalue weighted by molar-refractivity contribution is 0.109. The molecule has 2 aliphatic rings. The van der Waals surface area contributed by atoms with E-state index >= 15 is 0 Å². The molecular weight excluding hydrogens is 274 g/mol. The standard InChI is InChI=1S/C19H31NS/c1-2-11-20-19(14-18-8-5-12-21-18)17-10-9-15-6-3-4-7-16(15)13-17/h5,8,12,15-17,19-20H,2-4,6-7,9-11,13-14H2,1H3. The second-order valence-electron chi connectivity index (χ2n) is 7.22. The molecule has 0 bridgehead atoms. The summed E-state index contributed by atoms with van der Waals surface area (Å²) in [6.07, 6.45) is 13.0. The van der Waals surface area contributed by atoms with E-state index in [-0.39, 0.29) is 0 Å². The summed E-state index contributed by atoms with van der Waals surface area (Å²) in [7, 11) is 0. The van der Waals surface area contributed by atoms with Crippen LogP contribution in [0.25, 0.3) is 0 Å². The summed E-state index contributed by atoms with van der Waals surface area (Å²) in [5.74, 6) is 3.04. The van der Waals surface area contributed by atoms with Crippen molar-refractivity contribution in [2.24, 2.45) is 17.8 Å². The van der Waals surface area contributed by atoms with E-state index in [0.29, 0.717) is 6.04 Å². The number of hydrogen-bond donors (Lipinski definition) is 1. The van der Waals surface area contributed by atoms with E-state index in [9.17, 15) is 0 Å². The van der Waals surface area contributed by atoms with Gasteiger partial charge in [0.15, 0.2) is 0 Å². The molecule has 1 nitrogen and oxygen atoms in total. The van der Waals surface area contributed by atoms with E-state index in [0.717, 1.165) is 17.8 Å². The minimum absolute atomic E-state index is 0.714. The van der Waals surface area contributed by atoms with Gasteiger partial charge < -0.3 is 5.32 Å². The third kappa shape index (κ3) is 4.10. The van der Waals surface area contributed by atoms with Gasteiger partial charge in [-0.1, -0.05) is 38.7 Å². The first-order chi connectivity index (χ1) is 10.4. The number of thiophene rings is 1. The van der Waals surface area contributed by atoms with Crippen molar-refractivity contribution < 1.29 is 0 Å². The zero-order valence-corrected chi connectivity index (χ0v) is 14.3. The molecule has 0 radical (unpaired) electrons. The van der Waals surface area contributed by atoms with Crippen LogP contribution in [0.4, 0.5) is 0 Å². The summed E-state index contributed by atoms with van der Waals surface area (Å²) in [6.45, 7) is 3.47. The summed E-state index contributed by atoms with van der Waals surface area (Å²) in [4.78, 5) is 1.56. The van der Waals surface area contributed by atoms with Crippen molar-refractivity contribution >= 4 is 11.3 Å². The summed E-state index contributed by atoms with van der Waals surface area (Å²) < 4.78 is 0. The number of nitrogens with one attached hydrogen (secondary N) is 1. The highest BCUT2D eigenvalue weighted by molar-refractivity contribution is 7.09. The molecule has 0 saturated heterocycles. The monoisotopic (exact) mass is 305 g/mol. The molecule has 4 atom stereocenters. The molecule has 2 fully saturated rings. The zero-order valence-electron chi connectivity index (χ0n) is 13.5. The van der Waals surface area contributed by atoms with Crippen molar-refractivity contribution in [2.75, 3.05) is 6.54 Å². The molecule has 1 heterocycles. The minimum atomic E-state index is 0.714. The highest BCUT2D eigenvalue weighted by atomic mass is 32.1. The van der Waals surface area contributed by atoms with E-state index < -0.39 is 0 Å². The number of hydrogen-bond acceptors (Lipinski definition) is 2. The lowest BCUT2D eigenvalue weighted by atomic mass is 9.66. The molecule has 1 N–H and O–H groups in total. The molecule has 1 aromatic heterocycles. The third-order valence-electron chi connectivity index (χ3n) is 5.81. The van der Waals surface area contributed by atoms with Crippen molar-refractivity contribution in [3.63, 3.8) is 0 Å². The maximum atomic E-state index is 3.88. The van der Waals surface area contributed by atoms with Gasteiger partial charge in [-0.2, -0.15) is 0 Å². The molecule has 0 amide bonds. The smallest absolute Gasteiger partial charge is 0.0144 e. The molecule has 4 unspecified atom stereocenters. The highest BCUT2D eigenvalue weighted by Crippen LogP contribution is 2.44. The maximum absolute atomic E-state index is 3.88. The fourth-order valence-electron chi connectivity index (χ4n) is 4.66. The fourth-order valence-corrected chi connectivity index (χ4v) is 5.42. The van der Waals surface area contributed by atoms with Gasteiger partial charge >= 0.3 is 0 Å². The van der Waals surface area contributed by atoms with E-state index in [1.807, 2.05) is 11.3 Å². The Labute approximate surface area is 134 Å². The van der Waals surface area contributed by atoms with Crippen LogP contribution >= 0.6 is 11.3 Å². The fraction of sp³-hybridized carbons (Fsp3) is 0.789. The van der Waals surface area contributed by atoms with Gasteiger partial charge in [0.25, 0.3) is 0 Å². The van der Waals surface area contributed by atoms with Gasteiger partial charge in [-0.25, -0.2) is 0 Å². The Morgan fingerprint density at radius 3 is 2.81 bits per heavy atom. The molecule has 2 aliphatic carbocycles. The van der Waals surface area contributed by atoms with Crippen molar-refractivity contribution in [1.82, 2.24) is 5.32 Å². The normalized spacial score (nSPS) is 30.8. The van der Waals surface area contributed by atoms with Crippen LogP contribution in [0.1, 0.15) is 63.2 Å². The van der Waals surface area contributed by atoms with Gasteiger partial charge in [0, 0.05) is 10.9 Å². The van der Waals surface area contributed by atoms with Crippen LogP contribution < -0.4 is 5.32 Å². The molecular formula is C19H31NS. The Morgan fingerprint density at radius 2 is 2.05 bits per heavy atom. The van der Waals surface area contributed by atoms with E-state index in [2.05, 4.69) is 29.8 Å². The minimum Gasteiger partial charge on any atom is -0.313 e. The highest BCUT2D eigenvalue weighted by Gasteiger charge is 2.35. The van der Waals surface area contributed by atoms with Gasteiger partial charge in [0.1, 0.15) is 0 Å². The number of fused-ring (bicyclic) bond motifs is 1. The lowest BCUT2D eigenvalue weighted by Gasteiger charge is -2.42. The Morgan fingerprint density at radius 1 is 1.19 bits per heavy atom. The molecule has 2 saturated carbocycles. The molecule has 21 heavy (non-hydrogen) atoms. The average molecular weight is 306 g/mol. The second-order valence-corrected chi connectivity index (χ2v) is 8.25. The van der Waals surface area contributed by atoms with E-state index in [4.69, 9.17) is 0 Å². The van der Waals surface area contributed by atoms with Crippen LogP contribution in [-0.2, 0) is 6.42 Å². The van der Waals surface area contributed by atoms with E-state index in [1.54, 1.807) is 4.88 Å². The first-order valence-electron chi connectivity index (χ1n) is 9.12. The molecule has 0 aromatic carbocycles. The number of rotatable bonds is 6. The zero-order chi connectivity index (χ0) is 14.5. The van der Waals surface area contributed by atoms with Crippen LogP contribution in [0.5, 0.6) is 0 Å². The predicted octanol–water partition coefficient (Wildman–Crippen LogP) is 5.27. The summed E-state index contributed by atoms with van der Waals surface area (Å²) >= 11 is 1.93. The Kier molecular flexibility index (Phi) is 5.76.